The van der Waals surface area contributed by atoms with Crippen LogP contribution in [0.2, 0.25) is 5.02 Å². The number of hydrogen-bond donors (Lipinski definition) is 1. The molecule has 0 bridgehead atoms. The van der Waals surface area contributed by atoms with Gasteiger partial charge in [0.15, 0.2) is 0 Å². The SMILES string of the molecule is CC(C)(C)OC(=O)NCC1(c2ncc(C3CC3)cc2Cl)CC1. The minimum atomic E-state index is -0.484. The Labute approximate surface area is 136 Å². The molecular weight excluding hydrogens is 300 g/mol. The number of amides is 1. The molecule has 0 unspecified atom stereocenters. The third kappa shape index (κ3) is 3.54. The molecule has 1 amide bonds. The summed E-state index contributed by atoms with van der Waals surface area (Å²) in [5.74, 6) is 0.647. The fourth-order valence-electron chi connectivity index (χ4n) is 2.69. The van der Waals surface area contributed by atoms with Gasteiger partial charge in [-0.2, -0.15) is 0 Å². The van der Waals surface area contributed by atoms with E-state index >= 15 is 0 Å². The van der Waals surface area contributed by atoms with Gasteiger partial charge < -0.3 is 10.1 Å². The predicted octanol–water partition coefficient (Wildman–Crippen LogP) is 4.17. The normalized spacial score (nSPS) is 19.6. The molecule has 3 rings (SSSR count). The number of aromatic nitrogens is 1. The van der Waals surface area contributed by atoms with E-state index in [2.05, 4.69) is 16.4 Å². The van der Waals surface area contributed by atoms with Crippen LogP contribution in [0.5, 0.6) is 0 Å². The van der Waals surface area contributed by atoms with Gasteiger partial charge in [0.2, 0.25) is 0 Å². The molecule has 22 heavy (non-hydrogen) atoms. The highest BCUT2D eigenvalue weighted by molar-refractivity contribution is 6.31. The third-order valence-corrected chi connectivity index (χ3v) is 4.53. The van der Waals surface area contributed by atoms with Crippen molar-refractivity contribution in [3.05, 3.63) is 28.5 Å². The van der Waals surface area contributed by atoms with Crippen molar-refractivity contribution in [3.8, 4) is 0 Å². The van der Waals surface area contributed by atoms with E-state index in [-0.39, 0.29) is 11.5 Å². The largest absolute Gasteiger partial charge is 0.444 e. The molecule has 0 atom stereocenters. The number of carbonyl (C=O) groups is 1. The lowest BCUT2D eigenvalue weighted by molar-refractivity contribution is 0.0522. The van der Waals surface area contributed by atoms with Crippen LogP contribution in [0.4, 0.5) is 4.79 Å². The smallest absolute Gasteiger partial charge is 0.407 e. The van der Waals surface area contributed by atoms with Gasteiger partial charge in [0.05, 0.1) is 10.7 Å². The summed E-state index contributed by atoms with van der Waals surface area (Å²) in [6.07, 6.45) is 6.04. The van der Waals surface area contributed by atoms with Crippen molar-refractivity contribution in [2.45, 2.75) is 63.4 Å². The molecule has 2 aliphatic carbocycles. The summed E-state index contributed by atoms with van der Waals surface area (Å²) in [6, 6.07) is 2.05. The summed E-state index contributed by atoms with van der Waals surface area (Å²) in [5, 5.41) is 3.59. The van der Waals surface area contributed by atoms with E-state index in [1.165, 1.54) is 18.4 Å². The molecule has 1 aromatic rings. The van der Waals surface area contributed by atoms with Crippen molar-refractivity contribution in [2.24, 2.45) is 0 Å². The van der Waals surface area contributed by atoms with Gasteiger partial charge in [-0.15, -0.1) is 0 Å². The zero-order chi connectivity index (χ0) is 16.0. The first-order valence-corrected chi connectivity index (χ1v) is 8.30. The number of rotatable bonds is 4. The molecule has 0 aliphatic heterocycles. The minimum Gasteiger partial charge on any atom is -0.444 e. The van der Waals surface area contributed by atoms with Crippen molar-refractivity contribution in [2.75, 3.05) is 6.54 Å². The molecule has 2 fully saturated rings. The molecule has 120 valence electrons. The summed E-state index contributed by atoms with van der Waals surface area (Å²) in [5.41, 5.74) is 1.55. The van der Waals surface area contributed by atoms with E-state index in [9.17, 15) is 4.79 Å². The number of ether oxygens (including phenoxy) is 1. The predicted molar refractivity (Wildman–Crippen MR) is 86.4 cm³/mol. The quantitative estimate of drug-likeness (QED) is 0.905. The maximum atomic E-state index is 11.8. The van der Waals surface area contributed by atoms with Gasteiger partial charge in [0, 0.05) is 18.2 Å². The highest BCUT2D eigenvalue weighted by atomic mass is 35.5. The number of hydrogen-bond acceptors (Lipinski definition) is 3. The Morgan fingerprint density at radius 3 is 2.64 bits per heavy atom. The number of nitrogens with zero attached hydrogens (tertiary/aromatic N) is 1. The van der Waals surface area contributed by atoms with Crippen LogP contribution in [0.1, 0.15) is 63.6 Å². The van der Waals surface area contributed by atoms with Gasteiger partial charge in [-0.1, -0.05) is 11.6 Å². The lowest BCUT2D eigenvalue weighted by atomic mass is 10.0. The van der Waals surface area contributed by atoms with E-state index in [1.807, 2.05) is 27.0 Å². The summed E-state index contributed by atoms with van der Waals surface area (Å²) in [7, 11) is 0. The molecule has 0 radical (unpaired) electrons. The average Bonchev–Trinajstić information content (AvgIpc) is 3.29. The van der Waals surface area contributed by atoms with Crippen LogP contribution in [0, 0.1) is 0 Å². The molecular formula is C17H23ClN2O2. The van der Waals surface area contributed by atoms with Crippen molar-refractivity contribution >= 4 is 17.7 Å². The van der Waals surface area contributed by atoms with E-state index in [0.29, 0.717) is 12.5 Å². The van der Waals surface area contributed by atoms with Crippen LogP contribution in [-0.4, -0.2) is 23.2 Å². The van der Waals surface area contributed by atoms with E-state index in [0.717, 1.165) is 23.6 Å². The third-order valence-electron chi connectivity index (χ3n) is 4.24. The number of carbonyl (C=O) groups excluding carboxylic acids is 1. The lowest BCUT2D eigenvalue weighted by Crippen LogP contribution is -2.37. The second kappa shape index (κ2) is 5.41. The Morgan fingerprint density at radius 1 is 1.45 bits per heavy atom. The maximum Gasteiger partial charge on any atom is 0.407 e. The number of nitrogens with one attached hydrogen (secondary N) is 1. The summed E-state index contributed by atoms with van der Waals surface area (Å²) < 4.78 is 5.28. The second-order valence-corrected chi connectivity index (χ2v) is 7.92. The van der Waals surface area contributed by atoms with Crippen molar-refractivity contribution in [3.63, 3.8) is 0 Å². The maximum absolute atomic E-state index is 11.8. The highest BCUT2D eigenvalue weighted by Crippen LogP contribution is 2.50. The van der Waals surface area contributed by atoms with Gasteiger partial charge in [0.1, 0.15) is 5.60 Å². The van der Waals surface area contributed by atoms with Gasteiger partial charge in [0.25, 0.3) is 0 Å². The zero-order valence-electron chi connectivity index (χ0n) is 13.4. The van der Waals surface area contributed by atoms with Crippen LogP contribution in [0.25, 0.3) is 0 Å². The Morgan fingerprint density at radius 2 is 2.14 bits per heavy atom. The number of halogens is 1. The Hall–Kier alpha value is -1.29. The van der Waals surface area contributed by atoms with Crippen molar-refractivity contribution in [1.29, 1.82) is 0 Å². The minimum absolute atomic E-state index is 0.115. The van der Waals surface area contributed by atoms with Crippen LogP contribution in [0.15, 0.2) is 12.3 Å². The van der Waals surface area contributed by atoms with Crippen LogP contribution < -0.4 is 5.32 Å². The van der Waals surface area contributed by atoms with Crippen LogP contribution >= 0.6 is 11.6 Å². The molecule has 0 spiro atoms. The Kier molecular flexibility index (Phi) is 3.84. The summed E-state index contributed by atoms with van der Waals surface area (Å²) in [6.45, 7) is 6.09. The van der Waals surface area contributed by atoms with Gasteiger partial charge in [-0.05, 0) is 64.0 Å². The fourth-order valence-corrected chi connectivity index (χ4v) is 3.06. The molecule has 2 aliphatic rings. The van der Waals surface area contributed by atoms with Crippen molar-refractivity contribution in [1.82, 2.24) is 10.3 Å². The first kappa shape index (κ1) is 15.6. The Bertz CT molecular complexity index is 587. The first-order chi connectivity index (χ1) is 10.3. The van der Waals surface area contributed by atoms with Gasteiger partial charge in [-0.3, -0.25) is 4.98 Å². The number of pyridine rings is 1. The summed E-state index contributed by atoms with van der Waals surface area (Å²) >= 11 is 6.44. The van der Waals surface area contributed by atoms with Crippen LogP contribution in [-0.2, 0) is 10.2 Å². The monoisotopic (exact) mass is 322 g/mol. The zero-order valence-corrected chi connectivity index (χ0v) is 14.2. The lowest BCUT2D eigenvalue weighted by Gasteiger charge is -2.22. The van der Waals surface area contributed by atoms with E-state index in [1.54, 1.807) is 0 Å². The molecule has 1 aromatic heterocycles. The van der Waals surface area contributed by atoms with E-state index < -0.39 is 5.60 Å². The first-order valence-electron chi connectivity index (χ1n) is 7.92. The highest BCUT2D eigenvalue weighted by Gasteiger charge is 2.47. The molecule has 5 heteroatoms. The van der Waals surface area contributed by atoms with E-state index in [4.69, 9.17) is 16.3 Å². The molecule has 1 heterocycles. The van der Waals surface area contributed by atoms with Gasteiger partial charge in [-0.25, -0.2) is 4.79 Å². The molecule has 2 saturated carbocycles. The van der Waals surface area contributed by atoms with Crippen molar-refractivity contribution < 1.29 is 9.53 Å². The molecule has 0 saturated heterocycles. The standard InChI is InChI=1S/C17H23ClN2O2/c1-16(2,3)22-15(21)20-10-17(6-7-17)14-13(18)8-12(9-19-14)11-4-5-11/h8-9,11H,4-7,10H2,1-3H3,(H,20,21). The van der Waals surface area contributed by atoms with Gasteiger partial charge >= 0.3 is 6.09 Å². The fraction of sp³-hybridized carbons (Fsp3) is 0.647. The average molecular weight is 323 g/mol. The molecule has 4 nitrogen and oxygen atoms in total. The van der Waals surface area contributed by atoms with Crippen LogP contribution in [0.3, 0.4) is 0 Å². The Balaban J connectivity index is 1.65. The second-order valence-electron chi connectivity index (χ2n) is 7.51. The topological polar surface area (TPSA) is 51.2 Å². The molecule has 0 aromatic carbocycles. The number of alkyl carbamates (subject to hydrolysis) is 1. The summed E-state index contributed by atoms with van der Waals surface area (Å²) in [4.78, 5) is 16.4. The molecule has 1 N–H and O–H groups in total.